The molecule has 0 heterocycles. The quantitative estimate of drug-likeness (QED) is 0.187. The number of benzene rings is 4. The molecule has 0 N–H and O–H groups in total. The van der Waals surface area contributed by atoms with Crippen LogP contribution < -0.4 is 21.2 Å². The normalized spacial score (nSPS) is 12.3. The van der Waals surface area contributed by atoms with Crippen LogP contribution in [0.4, 0.5) is 0 Å². The molecule has 0 saturated heterocycles. The molecule has 1 atom stereocenters. The van der Waals surface area contributed by atoms with E-state index in [2.05, 4.69) is 131 Å². The number of hydrogen-bond donors (Lipinski definition) is 0. The molecular weight excluding hydrogens is 518 g/mol. The lowest BCUT2D eigenvalue weighted by atomic mass is 10.1. The van der Waals surface area contributed by atoms with Gasteiger partial charge in [-0.05, 0) is 171 Å². The summed E-state index contributed by atoms with van der Waals surface area (Å²) in [6.45, 7) is 25.3. The smallest absolute Gasteiger partial charge is 0.0137 e. The second-order valence-corrected chi connectivity index (χ2v) is 16.6. The van der Waals surface area contributed by atoms with Crippen molar-refractivity contribution in [3.63, 3.8) is 0 Å². The third-order valence-corrected chi connectivity index (χ3v) is 14.5. The van der Waals surface area contributed by atoms with Gasteiger partial charge < -0.3 is 0 Å². The van der Waals surface area contributed by atoms with Gasteiger partial charge >= 0.3 is 0 Å². The number of aryl methyl sites for hydroxylation is 11. The van der Waals surface area contributed by atoms with Crippen molar-refractivity contribution in [1.29, 1.82) is 0 Å². The van der Waals surface area contributed by atoms with Crippen molar-refractivity contribution in [3.8, 4) is 0 Å². The van der Waals surface area contributed by atoms with Crippen LogP contribution in [0.5, 0.6) is 0 Å². The summed E-state index contributed by atoms with van der Waals surface area (Å²) in [5, 5.41) is 6.37. The second kappa shape index (κ2) is 12.7. The van der Waals surface area contributed by atoms with Crippen LogP contribution in [-0.4, -0.2) is 12.3 Å². The Morgan fingerprint density at radius 3 is 1.07 bits per heavy atom. The van der Waals surface area contributed by atoms with Crippen LogP contribution in [0, 0.1) is 76.2 Å². The molecule has 4 aromatic rings. The molecule has 0 bridgehead atoms. The average molecular weight is 567 g/mol. The Labute approximate surface area is 247 Å². The molecule has 0 saturated carbocycles. The maximum atomic E-state index is 2.43. The molecule has 0 fully saturated rings. The molecule has 0 aliphatic carbocycles. The summed E-state index contributed by atoms with van der Waals surface area (Å²) in [5.74, 6) is 0. The summed E-state index contributed by atoms with van der Waals surface area (Å²) in [4.78, 5) is 0. The molecule has 40 heavy (non-hydrogen) atoms. The minimum atomic E-state index is -0.450. The largest absolute Gasteiger partial charge is 0.0587 e. The summed E-state index contributed by atoms with van der Waals surface area (Å²) >= 11 is 0. The molecule has 0 aliphatic rings. The SMILES string of the molecule is Cc1ccc(P(CCCP(c2c(C)cc(C)cc2C)c2c(C)cc(C)cc2C)c2c(C)cc(C)cc2C)c(C)c1. The third kappa shape index (κ3) is 6.62. The standard InChI is InChI=1S/C38H48P2/c1-24-13-14-35(28(5)17-24)39(36-29(6)18-25(2)19-30(36)7)15-12-16-40(37-31(8)20-26(3)21-32(37)9)38-33(10)22-27(4)23-34(38)11/h13-14,17-23H,12,15-16H2,1-11H3. The van der Waals surface area contributed by atoms with E-state index in [9.17, 15) is 0 Å². The molecule has 1 unspecified atom stereocenters. The summed E-state index contributed by atoms with van der Waals surface area (Å²) in [5.41, 5.74) is 15.7. The van der Waals surface area contributed by atoms with Gasteiger partial charge in [0.05, 0.1) is 0 Å². The maximum absolute atomic E-state index is 2.43. The van der Waals surface area contributed by atoms with E-state index in [1.165, 1.54) is 79.9 Å². The Bertz CT molecular complexity index is 1420. The van der Waals surface area contributed by atoms with Crippen molar-refractivity contribution in [3.05, 3.63) is 116 Å². The zero-order chi connectivity index (χ0) is 29.3. The Morgan fingerprint density at radius 1 is 0.375 bits per heavy atom. The van der Waals surface area contributed by atoms with Crippen molar-refractivity contribution in [2.24, 2.45) is 0 Å². The van der Waals surface area contributed by atoms with E-state index in [0.717, 1.165) is 0 Å². The Morgan fingerprint density at radius 2 is 0.700 bits per heavy atom. The lowest BCUT2D eigenvalue weighted by Gasteiger charge is -2.29. The monoisotopic (exact) mass is 566 g/mol. The first-order chi connectivity index (χ1) is 18.9. The van der Waals surface area contributed by atoms with Crippen LogP contribution in [0.1, 0.15) is 67.6 Å². The van der Waals surface area contributed by atoms with Crippen LogP contribution >= 0.6 is 15.8 Å². The second-order valence-electron chi connectivity index (χ2n) is 12.2. The van der Waals surface area contributed by atoms with Gasteiger partial charge in [0.15, 0.2) is 0 Å². The topological polar surface area (TPSA) is 0 Å². The summed E-state index contributed by atoms with van der Waals surface area (Å²) in [6, 6.07) is 21.5. The van der Waals surface area contributed by atoms with Gasteiger partial charge in [0, 0.05) is 0 Å². The van der Waals surface area contributed by atoms with Crippen molar-refractivity contribution < 1.29 is 0 Å². The van der Waals surface area contributed by atoms with E-state index >= 15 is 0 Å². The molecule has 4 rings (SSSR count). The Balaban J connectivity index is 1.78. The molecule has 0 amide bonds. The van der Waals surface area contributed by atoms with E-state index in [1.54, 1.807) is 21.2 Å². The molecule has 0 aromatic heterocycles. The molecule has 4 aromatic carbocycles. The summed E-state index contributed by atoms with van der Waals surface area (Å²) < 4.78 is 0. The fourth-order valence-corrected chi connectivity index (χ4v) is 13.2. The minimum Gasteiger partial charge on any atom is -0.0587 e. The molecule has 0 spiro atoms. The lowest BCUT2D eigenvalue weighted by Crippen LogP contribution is -2.25. The predicted molar refractivity (Wildman–Crippen MR) is 185 cm³/mol. The van der Waals surface area contributed by atoms with Gasteiger partial charge in [-0.25, -0.2) is 0 Å². The summed E-state index contributed by atoms with van der Waals surface area (Å²) in [7, 11) is -0.888. The first-order valence-electron chi connectivity index (χ1n) is 14.7. The zero-order valence-corrected chi connectivity index (χ0v) is 28.5. The van der Waals surface area contributed by atoms with Crippen molar-refractivity contribution in [2.45, 2.75) is 82.6 Å². The van der Waals surface area contributed by atoms with Gasteiger partial charge in [0.25, 0.3) is 0 Å². The van der Waals surface area contributed by atoms with E-state index in [4.69, 9.17) is 0 Å². The van der Waals surface area contributed by atoms with Crippen molar-refractivity contribution >= 4 is 37.1 Å². The van der Waals surface area contributed by atoms with Gasteiger partial charge in [-0.3, -0.25) is 0 Å². The Kier molecular flexibility index (Phi) is 9.76. The van der Waals surface area contributed by atoms with E-state index in [-0.39, 0.29) is 0 Å². The highest BCUT2D eigenvalue weighted by Gasteiger charge is 2.25. The van der Waals surface area contributed by atoms with Crippen LogP contribution in [0.3, 0.4) is 0 Å². The first kappa shape index (κ1) is 30.7. The van der Waals surface area contributed by atoms with Crippen LogP contribution in [0.25, 0.3) is 0 Å². The van der Waals surface area contributed by atoms with Gasteiger partial charge in [-0.1, -0.05) is 76.9 Å². The highest BCUT2D eigenvalue weighted by atomic mass is 31.1. The van der Waals surface area contributed by atoms with Gasteiger partial charge in [-0.15, -0.1) is 0 Å². The molecule has 2 heteroatoms. The lowest BCUT2D eigenvalue weighted by molar-refractivity contribution is 1.11. The van der Waals surface area contributed by atoms with Gasteiger partial charge in [0.1, 0.15) is 0 Å². The third-order valence-electron chi connectivity index (χ3n) is 8.12. The fraction of sp³-hybridized carbons (Fsp3) is 0.368. The summed E-state index contributed by atoms with van der Waals surface area (Å²) in [6.07, 6.45) is 3.70. The van der Waals surface area contributed by atoms with Crippen LogP contribution in [0.2, 0.25) is 0 Å². The highest BCUT2D eigenvalue weighted by molar-refractivity contribution is 7.74. The first-order valence-corrected chi connectivity index (χ1v) is 17.8. The van der Waals surface area contributed by atoms with Gasteiger partial charge in [-0.2, -0.15) is 0 Å². The number of hydrogen-bond acceptors (Lipinski definition) is 0. The molecule has 210 valence electrons. The van der Waals surface area contributed by atoms with Crippen LogP contribution in [-0.2, 0) is 0 Å². The highest BCUT2D eigenvalue weighted by Crippen LogP contribution is 2.44. The predicted octanol–water partition coefficient (Wildman–Crippen LogP) is 9.03. The maximum Gasteiger partial charge on any atom is -0.0137 e. The van der Waals surface area contributed by atoms with E-state index < -0.39 is 15.8 Å². The molecule has 0 nitrogen and oxygen atoms in total. The van der Waals surface area contributed by atoms with Gasteiger partial charge in [0.2, 0.25) is 0 Å². The van der Waals surface area contributed by atoms with E-state index in [0.29, 0.717) is 0 Å². The number of rotatable bonds is 8. The van der Waals surface area contributed by atoms with Crippen molar-refractivity contribution in [2.75, 3.05) is 12.3 Å². The van der Waals surface area contributed by atoms with Crippen molar-refractivity contribution in [1.82, 2.24) is 0 Å². The molecule has 0 radical (unpaired) electrons. The van der Waals surface area contributed by atoms with Crippen LogP contribution in [0.15, 0.2) is 54.6 Å². The fourth-order valence-electron chi connectivity index (χ4n) is 6.98. The molecule has 0 aliphatic heterocycles. The van der Waals surface area contributed by atoms with E-state index in [1.807, 2.05) is 0 Å². The molecular formula is C38H48P2. The Hall–Kier alpha value is -2.26. The minimum absolute atomic E-state index is 0.437. The average Bonchev–Trinajstić information content (AvgIpc) is 2.81. The zero-order valence-electron chi connectivity index (χ0n) is 26.7.